The molecule has 0 N–H and O–H groups in total. The van der Waals surface area contributed by atoms with Crippen LogP contribution in [0.2, 0.25) is 0 Å². The van der Waals surface area contributed by atoms with Gasteiger partial charge < -0.3 is 4.74 Å². The molecule has 0 aromatic rings. The lowest BCUT2D eigenvalue weighted by molar-refractivity contribution is -0.157. The van der Waals surface area contributed by atoms with Crippen molar-refractivity contribution in [1.29, 1.82) is 0 Å². The van der Waals surface area contributed by atoms with Crippen LogP contribution in [0.25, 0.3) is 0 Å². The molecule has 0 aromatic carbocycles. The van der Waals surface area contributed by atoms with Crippen molar-refractivity contribution in [3.05, 3.63) is 36.1 Å². The van der Waals surface area contributed by atoms with E-state index in [4.69, 9.17) is 4.74 Å². The first-order chi connectivity index (χ1) is 24.8. The molecule has 1 atom stereocenters. The van der Waals surface area contributed by atoms with Gasteiger partial charge in [0.15, 0.2) is 0 Å². The van der Waals surface area contributed by atoms with Crippen LogP contribution in [0.15, 0.2) is 36.1 Å². The van der Waals surface area contributed by atoms with Crippen LogP contribution in [-0.4, -0.2) is 5.97 Å². The van der Waals surface area contributed by atoms with Gasteiger partial charge in [0.05, 0.1) is 0 Å². The van der Waals surface area contributed by atoms with E-state index in [1.165, 1.54) is 225 Å². The van der Waals surface area contributed by atoms with Gasteiger partial charge in [0.1, 0.15) is 11.7 Å². The van der Waals surface area contributed by atoms with Gasteiger partial charge in [0.25, 0.3) is 0 Å². The number of hydrogen-bond acceptors (Lipinski definition) is 2. The lowest BCUT2D eigenvalue weighted by atomic mass is 9.93. The Labute approximate surface area is 314 Å². The molecule has 0 amide bonds. The molecule has 2 nitrogen and oxygen atoms in total. The Morgan fingerprint density at radius 1 is 0.380 bits per heavy atom. The smallest absolute Gasteiger partial charge is 0.321 e. The SMILES string of the molecule is CCCCCCCCC/C=C/CCCCCCCCCCC/C=C1/OC(=O)C1CCCCCCCCCCC/C=C/CCCCCCCCC. The number of carbonyl (C=O) groups excluding carboxylic acids is 1. The topological polar surface area (TPSA) is 26.3 Å². The summed E-state index contributed by atoms with van der Waals surface area (Å²) < 4.78 is 5.40. The van der Waals surface area contributed by atoms with Crippen LogP contribution in [0.3, 0.4) is 0 Å². The number of esters is 1. The van der Waals surface area contributed by atoms with E-state index in [1.54, 1.807) is 0 Å². The molecule has 1 heterocycles. The highest BCUT2D eigenvalue weighted by Gasteiger charge is 2.36. The van der Waals surface area contributed by atoms with Crippen LogP contribution >= 0.6 is 0 Å². The van der Waals surface area contributed by atoms with Gasteiger partial charge in [-0.25, -0.2) is 0 Å². The third kappa shape index (κ3) is 31.4. The Morgan fingerprint density at radius 2 is 0.660 bits per heavy atom. The van der Waals surface area contributed by atoms with E-state index in [0.29, 0.717) is 0 Å². The van der Waals surface area contributed by atoms with Crippen molar-refractivity contribution < 1.29 is 9.53 Å². The molecule has 0 bridgehead atoms. The van der Waals surface area contributed by atoms with E-state index in [9.17, 15) is 4.79 Å². The minimum atomic E-state index is 0.0171. The average Bonchev–Trinajstić information content (AvgIpc) is 3.12. The Hall–Kier alpha value is -1.31. The van der Waals surface area contributed by atoms with Gasteiger partial charge in [-0.05, 0) is 76.7 Å². The van der Waals surface area contributed by atoms with Crippen molar-refractivity contribution >= 4 is 5.97 Å². The summed E-state index contributed by atoms with van der Waals surface area (Å²) in [5.41, 5.74) is 0. The molecule has 1 saturated heterocycles. The van der Waals surface area contributed by atoms with Gasteiger partial charge in [-0.3, -0.25) is 4.79 Å². The van der Waals surface area contributed by atoms with Crippen LogP contribution < -0.4 is 0 Å². The standard InChI is InChI=1S/C48H88O2/c1-3-5-7-9-11-13-15-17-19-21-23-25-27-29-31-33-35-37-39-41-43-45-47-46(48(49)50-47)44-42-40-38-36-34-32-30-28-26-24-22-20-18-16-14-12-10-8-6-4-2/h19-22,45-46H,3-18,23-44H2,1-2H3/b21-19+,22-20+,47-45+. The average molecular weight is 697 g/mol. The summed E-state index contributed by atoms with van der Waals surface area (Å²) in [4.78, 5) is 12.0. The molecule has 1 aliphatic heterocycles. The van der Waals surface area contributed by atoms with Gasteiger partial charge in [0.2, 0.25) is 0 Å². The predicted octanol–water partition coefficient (Wildman–Crippen LogP) is 17.0. The highest BCUT2D eigenvalue weighted by atomic mass is 16.6. The van der Waals surface area contributed by atoms with E-state index in [-0.39, 0.29) is 11.9 Å². The molecular weight excluding hydrogens is 609 g/mol. The lowest BCUT2D eigenvalue weighted by Crippen LogP contribution is -2.32. The Morgan fingerprint density at radius 3 is 0.980 bits per heavy atom. The molecular formula is C48H88O2. The van der Waals surface area contributed by atoms with Crippen molar-refractivity contribution in [1.82, 2.24) is 0 Å². The van der Waals surface area contributed by atoms with Crippen LogP contribution in [-0.2, 0) is 9.53 Å². The number of cyclic esters (lactones) is 1. The fraction of sp³-hybridized carbons (Fsp3) is 0.854. The largest absolute Gasteiger partial charge is 0.430 e. The second-order valence-electron chi connectivity index (χ2n) is 15.9. The van der Waals surface area contributed by atoms with Gasteiger partial charge in [-0.15, -0.1) is 0 Å². The summed E-state index contributed by atoms with van der Waals surface area (Å²) >= 11 is 0. The van der Waals surface area contributed by atoms with Crippen LogP contribution in [0.5, 0.6) is 0 Å². The van der Waals surface area contributed by atoms with Crippen molar-refractivity contribution in [3.63, 3.8) is 0 Å². The number of rotatable bonds is 40. The maximum Gasteiger partial charge on any atom is 0.321 e. The third-order valence-electron chi connectivity index (χ3n) is 10.9. The van der Waals surface area contributed by atoms with Gasteiger partial charge in [0, 0.05) is 0 Å². The number of hydrogen-bond donors (Lipinski definition) is 0. The minimum absolute atomic E-state index is 0.0171. The maximum atomic E-state index is 12.0. The first-order valence-electron chi connectivity index (χ1n) is 23.0. The summed E-state index contributed by atoms with van der Waals surface area (Å²) in [5.74, 6) is 1.07. The normalized spacial score (nSPS) is 15.5. The summed E-state index contributed by atoms with van der Waals surface area (Å²) in [6.45, 7) is 4.58. The van der Waals surface area contributed by atoms with Crippen molar-refractivity contribution in [2.75, 3.05) is 0 Å². The molecule has 1 aliphatic rings. The zero-order chi connectivity index (χ0) is 35.8. The molecule has 1 fully saturated rings. The molecule has 0 radical (unpaired) electrons. The van der Waals surface area contributed by atoms with Crippen molar-refractivity contribution in [2.45, 2.75) is 258 Å². The fourth-order valence-corrected chi connectivity index (χ4v) is 7.41. The summed E-state index contributed by atoms with van der Waals surface area (Å²) in [5, 5.41) is 0. The minimum Gasteiger partial charge on any atom is -0.430 e. The number of allylic oxidation sites excluding steroid dienone is 5. The van der Waals surface area contributed by atoms with E-state index in [0.717, 1.165) is 25.0 Å². The molecule has 1 rings (SSSR count). The Balaban J connectivity index is 1.81. The lowest BCUT2D eigenvalue weighted by Gasteiger charge is -2.28. The molecule has 0 aromatic heterocycles. The first kappa shape index (κ1) is 46.7. The maximum absolute atomic E-state index is 12.0. The molecule has 0 spiro atoms. The highest BCUT2D eigenvalue weighted by molar-refractivity contribution is 5.82. The van der Waals surface area contributed by atoms with Crippen molar-refractivity contribution in [2.24, 2.45) is 5.92 Å². The molecule has 0 aliphatic carbocycles. The Bertz CT molecular complexity index is 792. The predicted molar refractivity (Wildman–Crippen MR) is 223 cm³/mol. The zero-order valence-corrected chi connectivity index (χ0v) is 34.2. The first-order valence-corrected chi connectivity index (χ1v) is 23.0. The summed E-state index contributed by atoms with van der Waals surface area (Å²) in [6.07, 6.45) is 63.1. The number of carbonyl (C=O) groups is 1. The van der Waals surface area contributed by atoms with E-state index < -0.39 is 0 Å². The van der Waals surface area contributed by atoms with Gasteiger partial charge in [-0.2, -0.15) is 0 Å². The van der Waals surface area contributed by atoms with Crippen LogP contribution in [0.1, 0.15) is 258 Å². The van der Waals surface area contributed by atoms with E-state index >= 15 is 0 Å². The summed E-state index contributed by atoms with van der Waals surface area (Å²) in [6, 6.07) is 0. The zero-order valence-electron chi connectivity index (χ0n) is 34.2. The Kier molecular flexibility index (Phi) is 36.4. The van der Waals surface area contributed by atoms with Crippen molar-refractivity contribution in [3.8, 4) is 0 Å². The van der Waals surface area contributed by atoms with Gasteiger partial charge in [-0.1, -0.05) is 212 Å². The van der Waals surface area contributed by atoms with Gasteiger partial charge >= 0.3 is 5.97 Å². The monoisotopic (exact) mass is 697 g/mol. The molecule has 2 heteroatoms. The number of unbranched alkanes of at least 4 members (excludes halogenated alkanes) is 33. The fourth-order valence-electron chi connectivity index (χ4n) is 7.41. The molecule has 1 unspecified atom stereocenters. The second kappa shape index (κ2) is 38.9. The third-order valence-corrected chi connectivity index (χ3v) is 10.9. The quantitative estimate of drug-likeness (QED) is 0.0362. The second-order valence-corrected chi connectivity index (χ2v) is 15.9. The van der Waals surface area contributed by atoms with Crippen LogP contribution in [0, 0.1) is 5.92 Å². The van der Waals surface area contributed by atoms with E-state index in [2.05, 4.69) is 44.2 Å². The van der Waals surface area contributed by atoms with E-state index in [1.807, 2.05) is 0 Å². The number of ether oxygens (including phenoxy) is 1. The molecule has 0 saturated carbocycles. The molecule has 50 heavy (non-hydrogen) atoms. The summed E-state index contributed by atoms with van der Waals surface area (Å²) in [7, 11) is 0. The van der Waals surface area contributed by atoms with Crippen LogP contribution in [0.4, 0.5) is 0 Å². The molecule has 292 valence electrons. The highest BCUT2D eigenvalue weighted by Crippen LogP contribution is 2.32.